The van der Waals surface area contributed by atoms with Crippen LogP contribution in [0.2, 0.25) is 0 Å². The van der Waals surface area contributed by atoms with Gasteiger partial charge in [0.1, 0.15) is 0 Å². The van der Waals surface area contributed by atoms with Crippen molar-refractivity contribution >= 4 is 18.5 Å². The van der Waals surface area contributed by atoms with Crippen molar-refractivity contribution in [2.24, 2.45) is 0 Å². The van der Waals surface area contributed by atoms with Gasteiger partial charge >= 0.3 is 0 Å². The molecule has 0 aliphatic carbocycles. The number of thiol groups is 1. The SMILES string of the molecule is CCN(C)C(=O)CCC(C)(C)S. The first-order valence-electron chi connectivity index (χ1n) is 4.33. The first kappa shape index (κ1) is 11.8. The fourth-order valence-corrected chi connectivity index (χ4v) is 0.892. The van der Waals surface area contributed by atoms with Gasteiger partial charge in [0.2, 0.25) is 5.91 Å². The van der Waals surface area contributed by atoms with Gasteiger partial charge < -0.3 is 4.90 Å². The molecule has 0 aromatic carbocycles. The molecule has 0 radical (unpaired) electrons. The fourth-order valence-electron chi connectivity index (χ4n) is 0.780. The molecule has 0 spiro atoms. The third kappa shape index (κ3) is 5.47. The highest BCUT2D eigenvalue weighted by molar-refractivity contribution is 7.81. The molecule has 0 unspecified atom stereocenters. The molecule has 12 heavy (non-hydrogen) atoms. The number of carbonyl (C=O) groups excluding carboxylic acids is 1. The second-order valence-corrected chi connectivity index (χ2v) is 4.93. The molecule has 72 valence electrons. The van der Waals surface area contributed by atoms with Crippen LogP contribution in [-0.4, -0.2) is 29.1 Å². The Balaban J connectivity index is 3.72. The minimum absolute atomic E-state index is 0.0375. The maximum atomic E-state index is 11.3. The van der Waals surface area contributed by atoms with Crippen molar-refractivity contribution in [3.05, 3.63) is 0 Å². The van der Waals surface area contributed by atoms with Crippen LogP contribution in [-0.2, 0) is 4.79 Å². The van der Waals surface area contributed by atoms with E-state index in [0.29, 0.717) is 6.42 Å². The number of amides is 1. The highest BCUT2D eigenvalue weighted by Crippen LogP contribution is 2.19. The number of hydrogen-bond donors (Lipinski definition) is 1. The number of carbonyl (C=O) groups is 1. The van der Waals surface area contributed by atoms with Crippen molar-refractivity contribution in [3.63, 3.8) is 0 Å². The summed E-state index contributed by atoms with van der Waals surface area (Å²) >= 11 is 4.36. The average Bonchev–Trinajstić information content (AvgIpc) is 1.97. The van der Waals surface area contributed by atoms with Crippen LogP contribution < -0.4 is 0 Å². The van der Waals surface area contributed by atoms with Crippen LogP contribution in [0.3, 0.4) is 0 Å². The minimum Gasteiger partial charge on any atom is -0.346 e. The number of nitrogens with zero attached hydrogens (tertiary/aromatic N) is 1. The summed E-state index contributed by atoms with van der Waals surface area (Å²) in [4.78, 5) is 13.0. The zero-order valence-corrected chi connectivity index (χ0v) is 9.32. The molecule has 0 rings (SSSR count). The Labute approximate surface area is 80.7 Å². The summed E-state index contributed by atoms with van der Waals surface area (Å²) in [5.41, 5.74) is 0. The molecule has 0 bridgehead atoms. The second-order valence-electron chi connectivity index (χ2n) is 3.72. The standard InChI is InChI=1S/C9H19NOS/c1-5-10(4)8(11)6-7-9(2,3)12/h12H,5-7H2,1-4H3. The van der Waals surface area contributed by atoms with Gasteiger partial charge in [0.15, 0.2) is 0 Å². The van der Waals surface area contributed by atoms with E-state index in [9.17, 15) is 4.79 Å². The smallest absolute Gasteiger partial charge is 0.222 e. The van der Waals surface area contributed by atoms with Crippen molar-refractivity contribution in [3.8, 4) is 0 Å². The van der Waals surface area contributed by atoms with Crippen LogP contribution in [0.4, 0.5) is 0 Å². The molecule has 0 fully saturated rings. The summed E-state index contributed by atoms with van der Waals surface area (Å²) in [6.45, 7) is 6.81. The van der Waals surface area contributed by atoms with Crippen LogP contribution in [0.5, 0.6) is 0 Å². The molecule has 1 amide bonds. The lowest BCUT2D eigenvalue weighted by Gasteiger charge is -2.19. The van der Waals surface area contributed by atoms with Crippen molar-refractivity contribution in [1.29, 1.82) is 0 Å². The first-order chi connectivity index (χ1) is 5.37. The molecule has 0 saturated heterocycles. The van der Waals surface area contributed by atoms with Crippen LogP contribution in [0, 0.1) is 0 Å². The van der Waals surface area contributed by atoms with E-state index in [1.165, 1.54) is 0 Å². The lowest BCUT2D eigenvalue weighted by molar-refractivity contribution is -0.129. The van der Waals surface area contributed by atoms with E-state index in [1.807, 2.05) is 27.8 Å². The highest BCUT2D eigenvalue weighted by Gasteiger charge is 2.15. The Morgan fingerprint density at radius 2 is 2.00 bits per heavy atom. The van der Waals surface area contributed by atoms with E-state index in [4.69, 9.17) is 0 Å². The van der Waals surface area contributed by atoms with Gasteiger partial charge in [0.25, 0.3) is 0 Å². The van der Waals surface area contributed by atoms with Crippen molar-refractivity contribution < 1.29 is 4.79 Å². The maximum absolute atomic E-state index is 11.3. The molecule has 0 aromatic rings. The summed E-state index contributed by atoms with van der Waals surface area (Å²) in [6.07, 6.45) is 1.43. The molecule has 0 N–H and O–H groups in total. The Hall–Kier alpha value is -0.180. The monoisotopic (exact) mass is 189 g/mol. The van der Waals surface area contributed by atoms with Gasteiger partial charge in [-0.1, -0.05) is 13.8 Å². The van der Waals surface area contributed by atoms with Gasteiger partial charge in [0.05, 0.1) is 0 Å². The van der Waals surface area contributed by atoms with Crippen LogP contribution in [0.15, 0.2) is 0 Å². The van der Waals surface area contributed by atoms with Gasteiger partial charge in [-0.3, -0.25) is 4.79 Å². The zero-order valence-electron chi connectivity index (χ0n) is 8.42. The molecule has 2 nitrogen and oxygen atoms in total. The predicted octanol–water partition coefficient (Wildman–Crippen LogP) is 1.95. The third-order valence-electron chi connectivity index (χ3n) is 1.85. The molecule has 0 atom stereocenters. The average molecular weight is 189 g/mol. The summed E-state index contributed by atoms with van der Waals surface area (Å²) in [5.74, 6) is 0.208. The number of rotatable bonds is 4. The largest absolute Gasteiger partial charge is 0.346 e. The Kier molecular flexibility index (Phi) is 4.68. The molecule has 0 aromatic heterocycles. The maximum Gasteiger partial charge on any atom is 0.222 e. The zero-order chi connectivity index (χ0) is 9.78. The molecule has 0 aliphatic heterocycles. The molecular formula is C9H19NOS. The van der Waals surface area contributed by atoms with Gasteiger partial charge in [0, 0.05) is 24.8 Å². The summed E-state index contributed by atoms with van der Waals surface area (Å²) in [5, 5.41) is 0. The van der Waals surface area contributed by atoms with E-state index in [1.54, 1.807) is 4.90 Å². The van der Waals surface area contributed by atoms with Crippen LogP contribution >= 0.6 is 12.6 Å². The van der Waals surface area contributed by atoms with E-state index in [-0.39, 0.29) is 10.7 Å². The van der Waals surface area contributed by atoms with Gasteiger partial charge in [-0.25, -0.2) is 0 Å². The van der Waals surface area contributed by atoms with E-state index in [0.717, 1.165) is 13.0 Å². The molecular weight excluding hydrogens is 170 g/mol. The quantitative estimate of drug-likeness (QED) is 0.670. The first-order valence-corrected chi connectivity index (χ1v) is 4.78. The van der Waals surface area contributed by atoms with Gasteiger partial charge in [-0.2, -0.15) is 12.6 Å². The Morgan fingerprint density at radius 3 is 2.33 bits per heavy atom. The topological polar surface area (TPSA) is 20.3 Å². The summed E-state index contributed by atoms with van der Waals surface area (Å²) < 4.78 is -0.0375. The van der Waals surface area contributed by atoms with Crippen molar-refractivity contribution in [2.45, 2.75) is 38.4 Å². The molecule has 3 heteroatoms. The normalized spacial score (nSPS) is 11.4. The van der Waals surface area contributed by atoms with E-state index in [2.05, 4.69) is 12.6 Å². The minimum atomic E-state index is -0.0375. The van der Waals surface area contributed by atoms with E-state index >= 15 is 0 Å². The Morgan fingerprint density at radius 1 is 1.50 bits per heavy atom. The van der Waals surface area contributed by atoms with Crippen molar-refractivity contribution in [1.82, 2.24) is 4.90 Å². The lowest BCUT2D eigenvalue weighted by Crippen LogP contribution is -2.27. The van der Waals surface area contributed by atoms with Gasteiger partial charge in [-0.15, -0.1) is 0 Å². The lowest BCUT2D eigenvalue weighted by atomic mass is 10.1. The Bertz CT molecular complexity index is 151. The summed E-state index contributed by atoms with van der Waals surface area (Å²) in [7, 11) is 1.83. The predicted molar refractivity (Wildman–Crippen MR) is 55.6 cm³/mol. The van der Waals surface area contributed by atoms with Gasteiger partial charge in [-0.05, 0) is 13.3 Å². The molecule has 0 heterocycles. The second kappa shape index (κ2) is 4.75. The third-order valence-corrected chi connectivity index (χ3v) is 2.07. The van der Waals surface area contributed by atoms with Crippen LogP contribution in [0.1, 0.15) is 33.6 Å². The number of hydrogen-bond acceptors (Lipinski definition) is 2. The van der Waals surface area contributed by atoms with E-state index < -0.39 is 0 Å². The van der Waals surface area contributed by atoms with Crippen LogP contribution in [0.25, 0.3) is 0 Å². The highest BCUT2D eigenvalue weighted by atomic mass is 32.1. The fraction of sp³-hybridized carbons (Fsp3) is 0.889. The molecule has 0 aliphatic rings. The van der Waals surface area contributed by atoms with Crippen molar-refractivity contribution in [2.75, 3.05) is 13.6 Å². The summed E-state index contributed by atoms with van der Waals surface area (Å²) in [6, 6.07) is 0. The molecule has 0 saturated carbocycles.